The molecule has 0 bridgehead atoms. The van der Waals surface area contributed by atoms with Gasteiger partial charge in [0.1, 0.15) is 0 Å². The number of Topliss-reactive ketones (excluding diaryl/α,β-unsaturated/α-hetero) is 1. The Kier molecular flexibility index (Phi) is 4.74. The number of rotatable bonds is 5. The van der Waals surface area contributed by atoms with Gasteiger partial charge in [-0.1, -0.05) is 35.9 Å². The van der Waals surface area contributed by atoms with E-state index in [-0.39, 0.29) is 0 Å². The van der Waals surface area contributed by atoms with E-state index in [1.807, 2.05) is 0 Å². The van der Waals surface area contributed by atoms with Crippen LogP contribution in [0.3, 0.4) is 0 Å². The van der Waals surface area contributed by atoms with Crippen LogP contribution >= 0.6 is 11.6 Å². The SMILES string of the molecule is NCc1ccc(C(=O)C(O)Nc2ccc(Cl)cc2)cc1. The molecule has 0 aliphatic heterocycles. The van der Waals surface area contributed by atoms with Crippen LogP contribution < -0.4 is 11.1 Å². The number of carbonyl (C=O) groups excluding carboxylic acids is 1. The van der Waals surface area contributed by atoms with Crippen molar-refractivity contribution in [3.05, 3.63) is 64.7 Å². The van der Waals surface area contributed by atoms with Gasteiger partial charge < -0.3 is 16.2 Å². The summed E-state index contributed by atoms with van der Waals surface area (Å²) in [6.07, 6.45) is -1.31. The summed E-state index contributed by atoms with van der Waals surface area (Å²) in [6.45, 7) is 0.417. The lowest BCUT2D eigenvalue weighted by atomic mass is 10.1. The molecule has 0 heterocycles. The van der Waals surface area contributed by atoms with Crippen molar-refractivity contribution in [2.75, 3.05) is 5.32 Å². The Bertz CT molecular complexity index is 582. The van der Waals surface area contributed by atoms with Gasteiger partial charge in [-0.05, 0) is 29.8 Å². The maximum absolute atomic E-state index is 12.0. The van der Waals surface area contributed by atoms with E-state index in [0.29, 0.717) is 22.8 Å². The molecule has 0 aliphatic rings. The average Bonchev–Trinajstić information content (AvgIpc) is 2.49. The zero-order chi connectivity index (χ0) is 14.5. The second-order valence-corrected chi connectivity index (χ2v) is 4.76. The zero-order valence-electron chi connectivity index (χ0n) is 10.7. The summed E-state index contributed by atoms with van der Waals surface area (Å²) in [6, 6.07) is 13.6. The molecule has 0 saturated heterocycles. The first kappa shape index (κ1) is 14.5. The number of halogens is 1. The summed E-state index contributed by atoms with van der Waals surface area (Å²) in [5.74, 6) is -0.400. The van der Waals surface area contributed by atoms with Crippen molar-refractivity contribution >= 4 is 23.1 Å². The van der Waals surface area contributed by atoms with Gasteiger partial charge in [-0.2, -0.15) is 0 Å². The number of aliphatic hydroxyl groups excluding tert-OH is 1. The predicted molar refractivity (Wildman–Crippen MR) is 79.7 cm³/mol. The number of aliphatic hydroxyl groups is 1. The zero-order valence-corrected chi connectivity index (χ0v) is 11.5. The molecule has 0 aliphatic carbocycles. The van der Waals surface area contributed by atoms with Gasteiger partial charge in [0, 0.05) is 22.8 Å². The van der Waals surface area contributed by atoms with Crippen molar-refractivity contribution in [2.45, 2.75) is 12.8 Å². The summed E-state index contributed by atoms with van der Waals surface area (Å²) in [5.41, 5.74) is 7.47. The first-order chi connectivity index (χ1) is 9.60. The second kappa shape index (κ2) is 6.52. The molecule has 4 N–H and O–H groups in total. The van der Waals surface area contributed by atoms with Crippen molar-refractivity contribution in [1.82, 2.24) is 0 Å². The molecule has 0 radical (unpaired) electrons. The predicted octanol–water partition coefficient (Wildman–Crippen LogP) is 2.41. The van der Waals surface area contributed by atoms with Crippen LogP contribution in [-0.2, 0) is 6.54 Å². The first-order valence-corrected chi connectivity index (χ1v) is 6.51. The molecule has 0 fully saturated rings. The smallest absolute Gasteiger partial charge is 0.211 e. The highest BCUT2D eigenvalue weighted by Crippen LogP contribution is 2.15. The van der Waals surface area contributed by atoms with E-state index in [1.54, 1.807) is 48.5 Å². The van der Waals surface area contributed by atoms with Crippen LogP contribution in [0.2, 0.25) is 5.02 Å². The van der Waals surface area contributed by atoms with E-state index in [4.69, 9.17) is 17.3 Å². The molecule has 1 atom stereocenters. The van der Waals surface area contributed by atoms with E-state index in [0.717, 1.165) is 5.56 Å². The molecule has 2 aromatic rings. The Morgan fingerprint density at radius 3 is 2.30 bits per heavy atom. The molecular formula is C15H15ClN2O2. The topological polar surface area (TPSA) is 75.4 Å². The Labute approximate surface area is 122 Å². The van der Waals surface area contributed by atoms with Crippen LogP contribution in [-0.4, -0.2) is 17.1 Å². The number of benzene rings is 2. The molecule has 20 heavy (non-hydrogen) atoms. The number of nitrogens with one attached hydrogen (secondary N) is 1. The van der Waals surface area contributed by atoms with Crippen LogP contribution in [0.15, 0.2) is 48.5 Å². The molecule has 1 unspecified atom stereocenters. The molecule has 0 amide bonds. The van der Waals surface area contributed by atoms with Crippen LogP contribution in [0.25, 0.3) is 0 Å². The number of carbonyl (C=O) groups is 1. The Morgan fingerprint density at radius 2 is 1.75 bits per heavy atom. The van der Waals surface area contributed by atoms with Gasteiger partial charge in [-0.25, -0.2) is 0 Å². The number of ketones is 1. The van der Waals surface area contributed by atoms with Gasteiger partial charge in [0.05, 0.1) is 0 Å². The third-order valence-electron chi connectivity index (χ3n) is 2.87. The largest absolute Gasteiger partial charge is 0.367 e. The number of hydrogen-bond acceptors (Lipinski definition) is 4. The van der Waals surface area contributed by atoms with Crippen LogP contribution in [0.5, 0.6) is 0 Å². The number of anilines is 1. The van der Waals surface area contributed by atoms with Crippen molar-refractivity contribution in [3.8, 4) is 0 Å². The third kappa shape index (κ3) is 3.57. The van der Waals surface area contributed by atoms with E-state index in [2.05, 4.69) is 5.32 Å². The fourth-order valence-electron chi connectivity index (χ4n) is 1.73. The molecule has 2 rings (SSSR count). The van der Waals surface area contributed by atoms with Crippen molar-refractivity contribution < 1.29 is 9.90 Å². The molecule has 4 nitrogen and oxygen atoms in total. The van der Waals surface area contributed by atoms with E-state index in [1.165, 1.54) is 0 Å². The molecule has 5 heteroatoms. The van der Waals surface area contributed by atoms with Gasteiger partial charge in [0.15, 0.2) is 6.23 Å². The third-order valence-corrected chi connectivity index (χ3v) is 3.12. The number of hydrogen-bond donors (Lipinski definition) is 3. The van der Waals surface area contributed by atoms with Crippen LogP contribution in [0.4, 0.5) is 5.69 Å². The fourth-order valence-corrected chi connectivity index (χ4v) is 1.86. The lowest BCUT2D eigenvalue weighted by Gasteiger charge is -2.13. The summed E-state index contributed by atoms with van der Waals surface area (Å²) in [7, 11) is 0. The minimum Gasteiger partial charge on any atom is -0.367 e. The highest BCUT2D eigenvalue weighted by molar-refractivity contribution is 6.30. The lowest BCUT2D eigenvalue weighted by molar-refractivity contribution is 0.0793. The van der Waals surface area contributed by atoms with Gasteiger partial charge in [-0.3, -0.25) is 4.79 Å². The van der Waals surface area contributed by atoms with Crippen LogP contribution in [0.1, 0.15) is 15.9 Å². The number of nitrogens with two attached hydrogens (primary N) is 1. The molecule has 0 spiro atoms. The molecular weight excluding hydrogens is 276 g/mol. The van der Waals surface area contributed by atoms with Gasteiger partial charge in [-0.15, -0.1) is 0 Å². The van der Waals surface area contributed by atoms with Gasteiger partial charge in [0.2, 0.25) is 5.78 Å². The minimum absolute atomic E-state index is 0.400. The lowest BCUT2D eigenvalue weighted by Crippen LogP contribution is -2.29. The van der Waals surface area contributed by atoms with Crippen molar-refractivity contribution in [3.63, 3.8) is 0 Å². The Hall–Kier alpha value is -1.88. The quantitative estimate of drug-likeness (QED) is 0.584. The van der Waals surface area contributed by atoms with Crippen molar-refractivity contribution in [2.24, 2.45) is 5.73 Å². The highest BCUT2D eigenvalue weighted by Gasteiger charge is 2.16. The monoisotopic (exact) mass is 290 g/mol. The summed E-state index contributed by atoms with van der Waals surface area (Å²) in [4.78, 5) is 12.0. The minimum atomic E-state index is -1.31. The maximum Gasteiger partial charge on any atom is 0.211 e. The standard InChI is InChI=1S/C15H15ClN2O2/c16-12-5-7-13(8-6-12)18-15(20)14(19)11-3-1-10(9-17)2-4-11/h1-8,15,18,20H,9,17H2. The Balaban J connectivity index is 2.05. The first-order valence-electron chi connectivity index (χ1n) is 6.13. The summed E-state index contributed by atoms with van der Waals surface area (Å²) >= 11 is 5.77. The molecule has 2 aromatic carbocycles. The van der Waals surface area contributed by atoms with Crippen LogP contribution in [0, 0.1) is 0 Å². The second-order valence-electron chi connectivity index (χ2n) is 4.32. The normalized spacial score (nSPS) is 11.9. The molecule has 0 saturated carbocycles. The van der Waals surface area contributed by atoms with Gasteiger partial charge in [0.25, 0.3) is 0 Å². The van der Waals surface area contributed by atoms with E-state index >= 15 is 0 Å². The summed E-state index contributed by atoms with van der Waals surface area (Å²) in [5, 5.41) is 13.2. The summed E-state index contributed by atoms with van der Waals surface area (Å²) < 4.78 is 0. The van der Waals surface area contributed by atoms with E-state index in [9.17, 15) is 9.90 Å². The van der Waals surface area contributed by atoms with E-state index < -0.39 is 12.0 Å². The van der Waals surface area contributed by atoms with Gasteiger partial charge >= 0.3 is 0 Å². The fraction of sp³-hybridized carbons (Fsp3) is 0.133. The maximum atomic E-state index is 12.0. The Morgan fingerprint density at radius 1 is 1.15 bits per heavy atom. The highest BCUT2D eigenvalue weighted by atomic mass is 35.5. The molecule has 0 aromatic heterocycles. The average molecular weight is 291 g/mol. The molecule has 104 valence electrons. The van der Waals surface area contributed by atoms with Crippen molar-refractivity contribution in [1.29, 1.82) is 0 Å².